The maximum absolute atomic E-state index is 12.9. The first-order valence-electron chi connectivity index (χ1n) is 4.60. The lowest BCUT2D eigenvalue weighted by Crippen LogP contribution is -2.05. The minimum atomic E-state index is -2.65. The number of carbonyl (C=O) groups is 1. The molecule has 2 rings (SSSR count). The molecule has 6 heteroatoms. The van der Waals surface area contributed by atoms with E-state index >= 15 is 0 Å². The first-order valence-corrected chi connectivity index (χ1v) is 6.30. The van der Waals surface area contributed by atoms with Gasteiger partial charge >= 0.3 is 5.97 Å². The third-order valence-electron chi connectivity index (χ3n) is 2.01. The molecular weight excluding hydrogens is 254 g/mol. The molecule has 0 aromatic carbocycles. The number of ether oxygens (including phenoxy) is 1. The molecule has 0 unspecified atom stereocenters. The highest BCUT2D eigenvalue weighted by atomic mass is 32.1. The molecule has 0 saturated heterocycles. The summed E-state index contributed by atoms with van der Waals surface area (Å²) in [7, 11) is 0. The van der Waals surface area contributed by atoms with Gasteiger partial charge in [0.1, 0.15) is 4.88 Å². The smallest absolute Gasteiger partial charge is 0.348 e. The van der Waals surface area contributed by atoms with Gasteiger partial charge < -0.3 is 4.74 Å². The minimum absolute atomic E-state index is 0.0266. The maximum Gasteiger partial charge on any atom is 0.348 e. The Kier molecular flexibility index (Phi) is 3.20. The summed E-state index contributed by atoms with van der Waals surface area (Å²) in [5.41, 5.74) is -0.187. The Labute approximate surface area is 98.5 Å². The molecule has 0 spiro atoms. The van der Waals surface area contributed by atoms with Crippen LogP contribution in [0.15, 0.2) is 11.4 Å². The van der Waals surface area contributed by atoms with Gasteiger partial charge in [-0.2, -0.15) is 0 Å². The Bertz CT molecular complexity index is 516. The molecule has 2 aromatic heterocycles. The average molecular weight is 262 g/mol. The van der Waals surface area contributed by atoms with Crippen LogP contribution in [0.3, 0.4) is 0 Å². The normalized spacial score (nSPS) is 11.2. The summed E-state index contributed by atoms with van der Waals surface area (Å²) < 4.78 is 31.7. The quantitative estimate of drug-likeness (QED) is 0.779. The van der Waals surface area contributed by atoms with Crippen LogP contribution >= 0.6 is 22.7 Å². The average Bonchev–Trinajstić information content (AvgIpc) is 2.74. The molecular formula is C10H8F2O2S2. The van der Waals surface area contributed by atoms with Crippen LogP contribution in [0.5, 0.6) is 0 Å². The van der Waals surface area contributed by atoms with Crippen molar-refractivity contribution < 1.29 is 18.3 Å². The van der Waals surface area contributed by atoms with E-state index in [0.717, 1.165) is 11.3 Å². The van der Waals surface area contributed by atoms with E-state index in [1.54, 1.807) is 18.4 Å². The van der Waals surface area contributed by atoms with E-state index in [9.17, 15) is 13.6 Å². The number of esters is 1. The van der Waals surface area contributed by atoms with Crippen molar-refractivity contribution >= 4 is 38.0 Å². The Morgan fingerprint density at radius 1 is 1.56 bits per heavy atom. The van der Waals surface area contributed by atoms with Gasteiger partial charge in [0.25, 0.3) is 6.43 Å². The number of fused-ring (bicyclic) bond motifs is 1. The molecule has 16 heavy (non-hydrogen) atoms. The largest absolute Gasteiger partial charge is 0.462 e. The second kappa shape index (κ2) is 4.47. The van der Waals surface area contributed by atoms with Gasteiger partial charge in [-0.1, -0.05) is 0 Å². The Hall–Kier alpha value is -1.01. The van der Waals surface area contributed by atoms with Crippen molar-refractivity contribution in [3.63, 3.8) is 0 Å². The van der Waals surface area contributed by atoms with Crippen molar-refractivity contribution in [1.29, 1.82) is 0 Å². The highest BCUT2D eigenvalue weighted by molar-refractivity contribution is 7.28. The number of carbonyl (C=O) groups excluding carboxylic acids is 1. The van der Waals surface area contributed by atoms with Gasteiger partial charge in [-0.15, -0.1) is 22.7 Å². The third kappa shape index (κ3) is 1.82. The SMILES string of the molecule is CCOC(=O)c1sc2ccsc2c1C(F)F. The van der Waals surface area contributed by atoms with E-state index < -0.39 is 12.4 Å². The second-order valence-corrected chi connectivity index (χ2v) is 4.95. The zero-order valence-corrected chi connectivity index (χ0v) is 9.96. The summed E-state index contributed by atoms with van der Waals surface area (Å²) in [5, 5.41) is 1.74. The first-order chi connectivity index (χ1) is 7.65. The number of hydrogen-bond donors (Lipinski definition) is 0. The lowest BCUT2D eigenvalue weighted by Gasteiger charge is -2.02. The van der Waals surface area contributed by atoms with Gasteiger partial charge in [-0.05, 0) is 18.4 Å². The molecule has 0 N–H and O–H groups in total. The summed E-state index contributed by atoms with van der Waals surface area (Å²) in [6, 6.07) is 1.74. The van der Waals surface area contributed by atoms with E-state index in [4.69, 9.17) is 4.74 Å². The van der Waals surface area contributed by atoms with Crippen LogP contribution in [0.2, 0.25) is 0 Å². The van der Waals surface area contributed by atoms with E-state index in [1.807, 2.05) is 0 Å². The van der Waals surface area contributed by atoms with Crippen molar-refractivity contribution in [1.82, 2.24) is 0 Å². The van der Waals surface area contributed by atoms with Gasteiger partial charge in [0.15, 0.2) is 0 Å². The zero-order valence-electron chi connectivity index (χ0n) is 8.33. The van der Waals surface area contributed by atoms with Crippen LogP contribution in [0, 0.1) is 0 Å². The van der Waals surface area contributed by atoms with Crippen molar-refractivity contribution in [3.8, 4) is 0 Å². The van der Waals surface area contributed by atoms with Crippen LogP contribution in [0.25, 0.3) is 9.40 Å². The lowest BCUT2D eigenvalue weighted by atomic mass is 10.2. The van der Waals surface area contributed by atoms with Crippen LogP contribution in [-0.2, 0) is 4.74 Å². The second-order valence-electron chi connectivity index (χ2n) is 2.98. The Morgan fingerprint density at radius 2 is 2.31 bits per heavy atom. The molecule has 2 nitrogen and oxygen atoms in total. The predicted molar refractivity (Wildman–Crippen MR) is 60.6 cm³/mol. The van der Waals surface area contributed by atoms with Gasteiger partial charge in [0.05, 0.1) is 16.9 Å². The van der Waals surface area contributed by atoms with Crippen LogP contribution < -0.4 is 0 Å². The molecule has 86 valence electrons. The van der Waals surface area contributed by atoms with E-state index in [1.165, 1.54) is 11.3 Å². The summed E-state index contributed by atoms with van der Waals surface area (Å²) in [6.45, 7) is 1.84. The molecule has 0 atom stereocenters. The Morgan fingerprint density at radius 3 is 2.94 bits per heavy atom. The fraction of sp³-hybridized carbons (Fsp3) is 0.300. The molecule has 0 radical (unpaired) electrons. The highest BCUT2D eigenvalue weighted by Crippen LogP contribution is 2.40. The van der Waals surface area contributed by atoms with Crippen molar-refractivity contribution in [2.24, 2.45) is 0 Å². The number of halogens is 2. The summed E-state index contributed by atoms with van der Waals surface area (Å²) >= 11 is 2.28. The Balaban J connectivity index is 2.55. The highest BCUT2D eigenvalue weighted by Gasteiger charge is 2.26. The molecule has 2 aromatic rings. The number of alkyl halides is 2. The molecule has 0 saturated carbocycles. The van der Waals surface area contributed by atoms with Crippen molar-refractivity contribution in [2.75, 3.05) is 6.61 Å². The van der Waals surface area contributed by atoms with E-state index in [-0.39, 0.29) is 17.0 Å². The standard InChI is InChI=1S/C10H8F2O2S2/c1-2-14-10(13)8-6(9(11)12)7-5(16-8)3-4-15-7/h3-4,9H,2H2,1H3. The van der Waals surface area contributed by atoms with Gasteiger partial charge in [-0.25, -0.2) is 13.6 Å². The van der Waals surface area contributed by atoms with E-state index in [2.05, 4.69) is 0 Å². The topological polar surface area (TPSA) is 26.3 Å². The van der Waals surface area contributed by atoms with Crippen molar-refractivity contribution in [3.05, 3.63) is 21.9 Å². The molecule has 0 aliphatic rings. The summed E-state index contributed by atoms with van der Waals surface area (Å²) in [4.78, 5) is 11.5. The van der Waals surface area contributed by atoms with Crippen LogP contribution in [-0.4, -0.2) is 12.6 Å². The fourth-order valence-electron chi connectivity index (χ4n) is 1.39. The molecule has 0 aliphatic carbocycles. The van der Waals surface area contributed by atoms with Gasteiger partial charge in [0.2, 0.25) is 0 Å². The monoisotopic (exact) mass is 262 g/mol. The minimum Gasteiger partial charge on any atom is -0.462 e. The van der Waals surface area contributed by atoms with Crippen molar-refractivity contribution in [2.45, 2.75) is 13.3 Å². The summed E-state index contributed by atoms with van der Waals surface area (Å²) in [6.07, 6.45) is -2.65. The molecule has 0 amide bonds. The number of thiophene rings is 2. The zero-order chi connectivity index (χ0) is 11.7. The lowest BCUT2D eigenvalue weighted by molar-refractivity contribution is 0.0522. The van der Waals surface area contributed by atoms with E-state index in [0.29, 0.717) is 9.40 Å². The first kappa shape index (κ1) is 11.5. The van der Waals surface area contributed by atoms with Gasteiger partial charge in [-0.3, -0.25) is 0 Å². The summed E-state index contributed by atoms with van der Waals surface area (Å²) in [5.74, 6) is -0.661. The number of rotatable bonds is 3. The van der Waals surface area contributed by atoms with Gasteiger partial charge in [0, 0.05) is 4.70 Å². The molecule has 0 bridgehead atoms. The third-order valence-corrected chi connectivity index (χ3v) is 4.24. The van der Waals surface area contributed by atoms with Crippen LogP contribution in [0.4, 0.5) is 8.78 Å². The molecule has 0 fully saturated rings. The maximum atomic E-state index is 12.9. The van der Waals surface area contributed by atoms with Crippen LogP contribution in [0.1, 0.15) is 28.6 Å². The number of hydrogen-bond acceptors (Lipinski definition) is 4. The molecule has 2 heterocycles. The fourth-order valence-corrected chi connectivity index (χ4v) is 3.65. The predicted octanol–water partition coefficient (Wildman–Crippen LogP) is 4.08. The molecule has 0 aliphatic heterocycles.